The average molecular weight is 824 g/mol. The molecule has 5 amide bonds. The minimum Gasteiger partial charge on any atom is -0.490 e. The van der Waals surface area contributed by atoms with Crippen molar-refractivity contribution in [3.8, 4) is 11.8 Å². The van der Waals surface area contributed by atoms with Gasteiger partial charge in [0.15, 0.2) is 0 Å². The number of aromatic nitrogens is 2. The molecule has 16 nitrogen and oxygen atoms in total. The molecule has 1 spiro atoms. The Morgan fingerprint density at radius 3 is 2.39 bits per heavy atom. The van der Waals surface area contributed by atoms with Gasteiger partial charge in [0.1, 0.15) is 17.9 Å². The summed E-state index contributed by atoms with van der Waals surface area (Å²) in [5.41, 5.74) is 2.16. The van der Waals surface area contributed by atoms with Gasteiger partial charge in [-0.15, -0.1) is 0 Å². The molecular weight excluding hydrogens is 778 g/mol. The van der Waals surface area contributed by atoms with Crippen molar-refractivity contribution < 1.29 is 33.2 Å². The SMILES string of the molecule is N#Cc1ccc(OC2CCC(NC(=O)c3nc(N4CCC(CN5CCC6(CC5)CN(c5ccc7c(c5)C(=O)N(C5CCC(=O)NC5=O)C7=O)C6)CC4)no3)CC2)cc1Cl. The zero-order chi connectivity index (χ0) is 40.8. The molecular formula is C42H46ClN9O7. The Morgan fingerprint density at radius 1 is 0.932 bits per heavy atom. The highest BCUT2D eigenvalue weighted by Crippen LogP contribution is 2.44. The fraction of sp³-hybridized carbons (Fsp3) is 0.524. The second-order valence-electron chi connectivity index (χ2n) is 17.0. The first-order valence-corrected chi connectivity index (χ1v) is 21.0. The van der Waals surface area contributed by atoms with Crippen LogP contribution in [0.4, 0.5) is 11.6 Å². The summed E-state index contributed by atoms with van der Waals surface area (Å²) in [4.78, 5) is 75.9. The largest absolute Gasteiger partial charge is 0.490 e. The number of fused-ring (bicyclic) bond motifs is 1. The number of anilines is 2. The molecule has 5 fully saturated rings. The van der Waals surface area contributed by atoms with E-state index in [1.54, 1.807) is 30.3 Å². The maximum Gasteiger partial charge on any atom is 0.317 e. The zero-order valence-electron chi connectivity index (χ0n) is 32.7. The zero-order valence-corrected chi connectivity index (χ0v) is 33.4. The molecule has 1 aliphatic carbocycles. The topological polar surface area (TPSA) is 194 Å². The van der Waals surface area contributed by atoms with Gasteiger partial charge in [0.05, 0.1) is 27.8 Å². The Bertz CT molecular complexity index is 2210. The molecule has 308 valence electrons. The number of nitrogens with one attached hydrogen (secondary N) is 2. The van der Waals surface area contributed by atoms with E-state index in [0.29, 0.717) is 39.3 Å². The first-order valence-electron chi connectivity index (χ1n) is 20.6. The number of piperidine rings is 3. The van der Waals surface area contributed by atoms with E-state index in [1.165, 1.54) is 0 Å². The minimum absolute atomic E-state index is 0.00257. The molecule has 1 aromatic heterocycles. The number of hydrogen-bond donors (Lipinski definition) is 2. The van der Waals surface area contributed by atoms with Crippen LogP contribution < -0.4 is 25.2 Å². The maximum absolute atomic E-state index is 13.3. The van der Waals surface area contributed by atoms with Gasteiger partial charge in [-0.1, -0.05) is 11.6 Å². The normalized spacial score (nSPS) is 24.7. The number of hydrogen-bond acceptors (Lipinski definition) is 13. The second kappa shape index (κ2) is 15.9. The fourth-order valence-corrected chi connectivity index (χ4v) is 9.88. The number of imide groups is 2. The van der Waals surface area contributed by atoms with E-state index in [-0.39, 0.29) is 42.2 Å². The Morgan fingerprint density at radius 2 is 1.68 bits per heavy atom. The number of benzene rings is 2. The predicted molar refractivity (Wildman–Crippen MR) is 213 cm³/mol. The van der Waals surface area contributed by atoms with Crippen LogP contribution in [-0.4, -0.2) is 113 Å². The fourth-order valence-electron chi connectivity index (χ4n) is 9.67. The molecule has 9 rings (SSSR count). The average Bonchev–Trinajstić information content (AvgIpc) is 3.81. The lowest BCUT2D eigenvalue weighted by atomic mass is 9.71. The number of carbonyl (C=O) groups is 5. The molecule has 1 unspecified atom stereocenters. The summed E-state index contributed by atoms with van der Waals surface area (Å²) < 4.78 is 11.5. The molecule has 1 atom stereocenters. The van der Waals surface area contributed by atoms with E-state index in [1.807, 2.05) is 12.1 Å². The van der Waals surface area contributed by atoms with Crippen LogP contribution in [0.5, 0.6) is 5.75 Å². The van der Waals surface area contributed by atoms with E-state index < -0.39 is 29.7 Å². The van der Waals surface area contributed by atoms with Gasteiger partial charge in [-0.05, 0) is 112 Å². The third-order valence-corrected chi connectivity index (χ3v) is 13.5. The number of likely N-dealkylation sites (tertiary alicyclic amines) is 1. The molecule has 0 bridgehead atoms. The Labute approximate surface area is 346 Å². The quantitative estimate of drug-likeness (QED) is 0.295. The van der Waals surface area contributed by atoms with Crippen molar-refractivity contribution >= 4 is 52.8 Å². The lowest BCUT2D eigenvalue weighted by Crippen LogP contribution is -2.60. The lowest BCUT2D eigenvalue weighted by molar-refractivity contribution is -0.136. The molecule has 3 aromatic rings. The Hall–Kier alpha value is -5.53. The smallest absolute Gasteiger partial charge is 0.317 e. The summed E-state index contributed by atoms with van der Waals surface area (Å²) in [5, 5.41) is 18.9. The van der Waals surface area contributed by atoms with Gasteiger partial charge in [0, 0.05) is 62.4 Å². The first-order chi connectivity index (χ1) is 28.5. The molecule has 6 aliphatic rings. The number of nitriles is 1. The molecule has 6 heterocycles. The van der Waals surface area contributed by atoms with Gasteiger partial charge in [0.2, 0.25) is 11.8 Å². The van der Waals surface area contributed by atoms with E-state index in [0.717, 1.165) is 108 Å². The molecule has 17 heteroatoms. The van der Waals surface area contributed by atoms with Crippen LogP contribution in [0.15, 0.2) is 40.9 Å². The monoisotopic (exact) mass is 823 g/mol. The Balaban J connectivity index is 0.687. The van der Waals surface area contributed by atoms with E-state index in [9.17, 15) is 24.0 Å². The highest BCUT2D eigenvalue weighted by atomic mass is 35.5. The molecule has 2 aromatic carbocycles. The van der Waals surface area contributed by atoms with Crippen LogP contribution in [0.3, 0.4) is 0 Å². The van der Waals surface area contributed by atoms with E-state index in [4.69, 9.17) is 26.1 Å². The standard InChI is InChI=1S/C42H46ClN9O7/c43-33-20-30(5-1-26(33)21-44)58-29-6-2-27(3-7-29)45-37(55)38-47-41(48-59-38)50-15-11-25(12-16-50)22-49-17-13-42(14-18-49)23-51(24-42)28-4-8-31-32(19-28)40(57)52(39(31)56)34-9-10-35(53)46-36(34)54/h1,4-5,8,19-20,25,27,29,34H,2-3,6-7,9-18,22-24H2,(H,45,55)(H,46,53,54). The molecule has 0 radical (unpaired) electrons. The molecule has 59 heavy (non-hydrogen) atoms. The summed E-state index contributed by atoms with van der Waals surface area (Å²) in [6.45, 7) is 6.52. The molecule has 5 aliphatic heterocycles. The third kappa shape index (κ3) is 7.85. The van der Waals surface area contributed by atoms with Crippen LogP contribution in [-0.2, 0) is 9.59 Å². The van der Waals surface area contributed by atoms with Crippen LogP contribution in [0, 0.1) is 22.7 Å². The summed E-state index contributed by atoms with van der Waals surface area (Å²) in [7, 11) is 0. The van der Waals surface area contributed by atoms with Crippen molar-refractivity contribution in [2.24, 2.45) is 11.3 Å². The lowest BCUT2D eigenvalue weighted by Gasteiger charge is -2.55. The highest BCUT2D eigenvalue weighted by molar-refractivity contribution is 6.31. The van der Waals surface area contributed by atoms with Crippen LogP contribution in [0.25, 0.3) is 0 Å². The van der Waals surface area contributed by atoms with Crippen molar-refractivity contribution in [1.29, 1.82) is 5.26 Å². The molecule has 1 saturated carbocycles. The van der Waals surface area contributed by atoms with Gasteiger partial charge >= 0.3 is 11.8 Å². The summed E-state index contributed by atoms with van der Waals surface area (Å²) in [5.74, 6) is -0.711. The van der Waals surface area contributed by atoms with Gasteiger partial charge in [-0.3, -0.25) is 34.2 Å². The minimum atomic E-state index is -0.971. The number of ether oxygens (including phenoxy) is 1. The summed E-state index contributed by atoms with van der Waals surface area (Å²) >= 11 is 6.15. The van der Waals surface area contributed by atoms with Crippen LogP contribution in [0.2, 0.25) is 5.02 Å². The van der Waals surface area contributed by atoms with E-state index >= 15 is 0 Å². The first kappa shape index (κ1) is 39.0. The second-order valence-corrected chi connectivity index (χ2v) is 17.4. The van der Waals surface area contributed by atoms with Gasteiger partial charge in [0.25, 0.3) is 17.8 Å². The third-order valence-electron chi connectivity index (χ3n) is 13.2. The highest BCUT2D eigenvalue weighted by Gasteiger charge is 2.47. The predicted octanol–water partition coefficient (Wildman–Crippen LogP) is 3.93. The van der Waals surface area contributed by atoms with Gasteiger partial charge < -0.3 is 29.3 Å². The van der Waals surface area contributed by atoms with Gasteiger partial charge in [-0.25, -0.2) is 0 Å². The molecule has 4 saturated heterocycles. The van der Waals surface area contributed by atoms with Crippen LogP contribution >= 0.6 is 11.6 Å². The number of nitrogens with zero attached hydrogens (tertiary/aromatic N) is 7. The van der Waals surface area contributed by atoms with E-state index in [2.05, 4.69) is 35.5 Å². The van der Waals surface area contributed by atoms with Gasteiger partial charge in [-0.2, -0.15) is 10.2 Å². The van der Waals surface area contributed by atoms with Crippen molar-refractivity contribution in [3.05, 3.63) is 64.0 Å². The van der Waals surface area contributed by atoms with Crippen molar-refractivity contribution in [2.45, 2.75) is 82.4 Å². The Kier molecular flexibility index (Phi) is 10.5. The van der Waals surface area contributed by atoms with Crippen molar-refractivity contribution in [2.75, 3.05) is 55.6 Å². The van der Waals surface area contributed by atoms with Crippen LogP contribution in [0.1, 0.15) is 101 Å². The number of amides is 5. The number of rotatable bonds is 9. The number of halogens is 1. The molecule has 2 N–H and O–H groups in total. The summed E-state index contributed by atoms with van der Waals surface area (Å²) in [6, 6.07) is 11.5. The summed E-state index contributed by atoms with van der Waals surface area (Å²) in [6.07, 6.45) is 7.49. The number of carbonyl (C=O) groups excluding carboxylic acids is 5. The van der Waals surface area contributed by atoms with Crippen molar-refractivity contribution in [3.63, 3.8) is 0 Å². The maximum atomic E-state index is 13.3. The van der Waals surface area contributed by atoms with Crippen molar-refractivity contribution in [1.82, 2.24) is 30.6 Å².